The van der Waals surface area contributed by atoms with Crippen LogP contribution < -0.4 is 22.2 Å². The van der Waals surface area contributed by atoms with Gasteiger partial charge in [-0.3, -0.25) is 0 Å². The fraction of sp³-hybridized carbons (Fsp3) is 0.500. The SMILES string of the molecule is Cc1oc(=O)oc1CNCCNC(N)=O. The molecule has 0 aliphatic carbocycles. The van der Waals surface area contributed by atoms with E-state index in [1.54, 1.807) is 6.92 Å². The Morgan fingerprint density at radius 3 is 2.67 bits per heavy atom. The number of rotatable bonds is 5. The van der Waals surface area contributed by atoms with Crippen LogP contribution in [0.15, 0.2) is 13.6 Å². The van der Waals surface area contributed by atoms with Gasteiger partial charge in [-0.05, 0) is 6.92 Å². The van der Waals surface area contributed by atoms with E-state index in [2.05, 4.69) is 15.1 Å². The molecule has 1 aromatic heterocycles. The zero-order valence-electron chi connectivity index (χ0n) is 8.33. The molecule has 7 heteroatoms. The van der Waals surface area contributed by atoms with E-state index in [4.69, 9.17) is 10.2 Å². The van der Waals surface area contributed by atoms with Crippen LogP contribution in [0.1, 0.15) is 11.5 Å². The van der Waals surface area contributed by atoms with Gasteiger partial charge in [0.25, 0.3) is 0 Å². The van der Waals surface area contributed by atoms with Gasteiger partial charge in [0.1, 0.15) is 5.76 Å². The number of amides is 2. The van der Waals surface area contributed by atoms with Gasteiger partial charge in [-0.2, -0.15) is 0 Å². The summed E-state index contributed by atoms with van der Waals surface area (Å²) in [4.78, 5) is 21.0. The highest BCUT2D eigenvalue weighted by Crippen LogP contribution is 2.03. The van der Waals surface area contributed by atoms with Crippen molar-refractivity contribution >= 4 is 6.03 Å². The molecule has 0 saturated carbocycles. The third-order valence-electron chi connectivity index (χ3n) is 1.72. The van der Waals surface area contributed by atoms with Crippen molar-refractivity contribution in [3.8, 4) is 0 Å². The minimum Gasteiger partial charge on any atom is -0.396 e. The Balaban J connectivity index is 2.23. The third kappa shape index (κ3) is 3.86. The minimum absolute atomic E-state index is 0.373. The van der Waals surface area contributed by atoms with Crippen LogP contribution >= 0.6 is 0 Å². The lowest BCUT2D eigenvalue weighted by atomic mass is 10.4. The predicted octanol–water partition coefficient (Wildman–Crippen LogP) is -0.701. The van der Waals surface area contributed by atoms with Gasteiger partial charge in [0.15, 0.2) is 5.76 Å². The largest absolute Gasteiger partial charge is 0.519 e. The average Bonchev–Trinajstić information content (AvgIpc) is 2.44. The van der Waals surface area contributed by atoms with Gasteiger partial charge >= 0.3 is 11.9 Å². The van der Waals surface area contributed by atoms with Gasteiger partial charge in [-0.15, -0.1) is 0 Å². The van der Waals surface area contributed by atoms with E-state index in [-0.39, 0.29) is 0 Å². The van der Waals surface area contributed by atoms with Crippen molar-refractivity contribution in [2.24, 2.45) is 5.73 Å². The molecule has 0 aliphatic rings. The van der Waals surface area contributed by atoms with Crippen LogP contribution in [0.25, 0.3) is 0 Å². The van der Waals surface area contributed by atoms with Crippen LogP contribution in [-0.4, -0.2) is 19.1 Å². The number of primary amides is 1. The number of aryl methyl sites for hydroxylation is 1. The summed E-state index contributed by atoms with van der Waals surface area (Å²) in [6.07, 6.45) is 0. The smallest absolute Gasteiger partial charge is 0.396 e. The van der Waals surface area contributed by atoms with E-state index in [1.165, 1.54) is 0 Å². The number of nitrogens with two attached hydrogens (primary N) is 1. The summed E-state index contributed by atoms with van der Waals surface area (Å²) >= 11 is 0. The number of carbonyl (C=O) groups is 1. The summed E-state index contributed by atoms with van der Waals surface area (Å²) in [5.41, 5.74) is 4.86. The van der Waals surface area contributed by atoms with Crippen LogP contribution in [0.3, 0.4) is 0 Å². The highest BCUT2D eigenvalue weighted by Gasteiger charge is 2.06. The monoisotopic (exact) mass is 215 g/mol. The van der Waals surface area contributed by atoms with E-state index >= 15 is 0 Å². The van der Waals surface area contributed by atoms with Gasteiger partial charge in [-0.25, -0.2) is 9.59 Å². The Labute approximate surface area is 85.6 Å². The van der Waals surface area contributed by atoms with E-state index < -0.39 is 11.9 Å². The number of nitrogens with one attached hydrogen (secondary N) is 2. The second-order valence-corrected chi connectivity index (χ2v) is 2.90. The molecule has 0 saturated heterocycles. The highest BCUT2D eigenvalue weighted by molar-refractivity contribution is 5.71. The number of hydrogen-bond donors (Lipinski definition) is 3. The normalized spacial score (nSPS) is 10.2. The standard InChI is InChI=1S/C8H13N3O4/c1-5-6(15-8(13)14-5)4-10-2-3-11-7(9)12/h10H,2-4H2,1H3,(H3,9,11,12). The number of urea groups is 1. The Kier molecular flexibility index (Phi) is 3.92. The molecule has 15 heavy (non-hydrogen) atoms. The summed E-state index contributed by atoms with van der Waals surface area (Å²) in [5.74, 6) is 0.203. The lowest BCUT2D eigenvalue weighted by Crippen LogP contribution is -2.35. The molecule has 0 aliphatic heterocycles. The Hall–Kier alpha value is -1.76. The molecule has 4 N–H and O–H groups in total. The van der Waals surface area contributed by atoms with Crippen molar-refractivity contribution in [2.45, 2.75) is 13.5 Å². The first-order chi connectivity index (χ1) is 7.09. The van der Waals surface area contributed by atoms with Crippen LogP contribution in [0.2, 0.25) is 0 Å². The van der Waals surface area contributed by atoms with Gasteiger partial charge in [0.2, 0.25) is 0 Å². The molecular weight excluding hydrogens is 202 g/mol. The summed E-state index contributed by atoms with van der Waals surface area (Å²) in [6, 6.07) is -0.567. The molecule has 2 amide bonds. The Morgan fingerprint density at radius 2 is 2.13 bits per heavy atom. The molecule has 1 aromatic rings. The maximum absolute atomic E-state index is 10.7. The highest BCUT2D eigenvalue weighted by atomic mass is 16.6. The van der Waals surface area contributed by atoms with Crippen molar-refractivity contribution in [3.05, 3.63) is 22.1 Å². The summed E-state index contributed by atoms with van der Waals surface area (Å²) in [7, 11) is 0. The minimum atomic E-state index is -0.709. The lowest BCUT2D eigenvalue weighted by Gasteiger charge is -2.02. The van der Waals surface area contributed by atoms with E-state index in [0.717, 1.165) is 0 Å². The summed E-state index contributed by atoms with van der Waals surface area (Å²) in [5, 5.41) is 5.36. The fourth-order valence-corrected chi connectivity index (χ4v) is 1.01. The molecule has 0 bridgehead atoms. The molecule has 0 fully saturated rings. The molecule has 0 aromatic carbocycles. The van der Waals surface area contributed by atoms with Gasteiger partial charge in [-0.1, -0.05) is 0 Å². The van der Waals surface area contributed by atoms with Gasteiger partial charge < -0.3 is 25.2 Å². The predicted molar refractivity (Wildman–Crippen MR) is 51.3 cm³/mol. The summed E-state index contributed by atoms with van der Waals surface area (Å²) < 4.78 is 9.40. The van der Waals surface area contributed by atoms with E-state index in [9.17, 15) is 9.59 Å². The quantitative estimate of drug-likeness (QED) is 0.562. The van der Waals surface area contributed by atoms with E-state index in [1.807, 2.05) is 0 Å². The lowest BCUT2D eigenvalue weighted by molar-refractivity contribution is 0.249. The molecule has 0 radical (unpaired) electrons. The zero-order valence-corrected chi connectivity index (χ0v) is 8.33. The first-order valence-electron chi connectivity index (χ1n) is 4.43. The number of carbonyl (C=O) groups excluding carboxylic acids is 1. The molecule has 1 heterocycles. The van der Waals surface area contributed by atoms with Crippen LogP contribution in [0.4, 0.5) is 4.79 Å². The topological polar surface area (TPSA) is 110 Å². The summed E-state index contributed by atoms with van der Waals surface area (Å²) in [6.45, 7) is 2.95. The zero-order chi connectivity index (χ0) is 11.3. The van der Waals surface area contributed by atoms with Crippen LogP contribution in [-0.2, 0) is 6.54 Å². The van der Waals surface area contributed by atoms with Crippen molar-refractivity contribution in [2.75, 3.05) is 13.1 Å². The Bertz CT molecular complexity index is 381. The Morgan fingerprint density at radius 1 is 1.40 bits per heavy atom. The first kappa shape index (κ1) is 11.3. The molecule has 0 atom stereocenters. The van der Waals surface area contributed by atoms with Crippen molar-refractivity contribution in [1.29, 1.82) is 0 Å². The van der Waals surface area contributed by atoms with Crippen molar-refractivity contribution in [1.82, 2.24) is 10.6 Å². The molecule has 0 spiro atoms. The maximum Gasteiger partial charge on any atom is 0.519 e. The van der Waals surface area contributed by atoms with Crippen LogP contribution in [0.5, 0.6) is 0 Å². The molecule has 1 rings (SSSR count). The van der Waals surface area contributed by atoms with Gasteiger partial charge in [0.05, 0.1) is 6.54 Å². The third-order valence-corrected chi connectivity index (χ3v) is 1.72. The van der Waals surface area contributed by atoms with E-state index in [0.29, 0.717) is 31.2 Å². The molecule has 7 nitrogen and oxygen atoms in total. The second-order valence-electron chi connectivity index (χ2n) is 2.90. The molecule has 84 valence electrons. The molecular formula is C8H13N3O4. The fourth-order valence-electron chi connectivity index (χ4n) is 1.01. The van der Waals surface area contributed by atoms with Crippen molar-refractivity contribution < 1.29 is 13.6 Å². The second kappa shape index (κ2) is 5.20. The van der Waals surface area contributed by atoms with Crippen LogP contribution in [0, 0.1) is 6.92 Å². The average molecular weight is 215 g/mol. The van der Waals surface area contributed by atoms with Gasteiger partial charge in [0, 0.05) is 13.1 Å². The maximum atomic E-state index is 10.7. The molecule has 0 unspecified atom stereocenters. The first-order valence-corrected chi connectivity index (χ1v) is 4.43. The number of hydrogen-bond acceptors (Lipinski definition) is 5. The van der Waals surface area contributed by atoms with Crippen molar-refractivity contribution in [3.63, 3.8) is 0 Å².